The Morgan fingerprint density at radius 2 is 2.06 bits per heavy atom. The van der Waals surface area contributed by atoms with Crippen molar-refractivity contribution in [3.63, 3.8) is 0 Å². The average molecular weight is 269 g/mol. The van der Waals surface area contributed by atoms with Crippen LogP contribution in [0, 0.1) is 6.92 Å². The zero-order valence-electron chi connectivity index (χ0n) is 10.6. The van der Waals surface area contributed by atoms with Gasteiger partial charge in [-0.1, -0.05) is 6.42 Å². The fourth-order valence-electron chi connectivity index (χ4n) is 2.86. The van der Waals surface area contributed by atoms with Crippen LogP contribution in [0.1, 0.15) is 48.9 Å². The molecule has 1 aliphatic heterocycles. The molecule has 2 aliphatic rings. The van der Waals surface area contributed by atoms with E-state index in [4.69, 9.17) is 5.73 Å². The molecule has 2 fully saturated rings. The summed E-state index contributed by atoms with van der Waals surface area (Å²) in [5.41, 5.74) is 8.23. The van der Waals surface area contributed by atoms with Crippen LogP contribution < -0.4 is 5.73 Å². The Bertz CT molecular complexity index is 572. The van der Waals surface area contributed by atoms with Crippen LogP contribution in [0.3, 0.4) is 0 Å². The molecule has 1 unspecified atom stereocenters. The average Bonchev–Trinajstić information content (AvgIpc) is 2.71. The smallest absolute Gasteiger partial charge is 0.152 e. The van der Waals surface area contributed by atoms with E-state index in [-0.39, 0.29) is 17.5 Å². The highest BCUT2D eigenvalue weighted by molar-refractivity contribution is 7.91. The lowest BCUT2D eigenvalue weighted by molar-refractivity contribution is 0.399. The molecule has 5 nitrogen and oxygen atoms in total. The first-order valence-corrected chi connectivity index (χ1v) is 8.35. The largest absolute Gasteiger partial charge is 0.384 e. The maximum atomic E-state index is 11.5. The van der Waals surface area contributed by atoms with Gasteiger partial charge in [0.05, 0.1) is 23.2 Å². The molecule has 1 aromatic rings. The van der Waals surface area contributed by atoms with Crippen LogP contribution in [0.25, 0.3) is 0 Å². The maximum absolute atomic E-state index is 11.5. The van der Waals surface area contributed by atoms with Crippen LogP contribution in [0.5, 0.6) is 0 Å². The van der Waals surface area contributed by atoms with Gasteiger partial charge < -0.3 is 5.73 Å². The van der Waals surface area contributed by atoms with Gasteiger partial charge in [0.2, 0.25) is 0 Å². The molecule has 1 saturated heterocycles. The van der Waals surface area contributed by atoms with Crippen LogP contribution in [0.4, 0.5) is 5.82 Å². The second kappa shape index (κ2) is 3.98. The minimum Gasteiger partial charge on any atom is -0.384 e. The van der Waals surface area contributed by atoms with E-state index in [2.05, 4.69) is 5.10 Å². The van der Waals surface area contributed by atoms with Crippen molar-refractivity contribution < 1.29 is 8.42 Å². The Balaban J connectivity index is 1.93. The van der Waals surface area contributed by atoms with Gasteiger partial charge in [-0.25, -0.2) is 13.1 Å². The fourth-order valence-corrected chi connectivity index (χ4v) is 4.56. The maximum Gasteiger partial charge on any atom is 0.152 e. The lowest BCUT2D eigenvalue weighted by atomic mass is 9.82. The van der Waals surface area contributed by atoms with Gasteiger partial charge >= 0.3 is 0 Å². The van der Waals surface area contributed by atoms with E-state index in [9.17, 15) is 8.42 Å². The molecule has 18 heavy (non-hydrogen) atoms. The van der Waals surface area contributed by atoms with E-state index < -0.39 is 9.84 Å². The minimum atomic E-state index is -2.89. The zero-order chi connectivity index (χ0) is 12.9. The van der Waals surface area contributed by atoms with Crippen LogP contribution in [0.15, 0.2) is 0 Å². The number of hydrogen-bond donors (Lipinski definition) is 1. The van der Waals surface area contributed by atoms with Gasteiger partial charge in [-0.3, -0.25) is 0 Å². The molecule has 1 aromatic heterocycles. The number of rotatable bonds is 2. The highest BCUT2D eigenvalue weighted by Gasteiger charge is 2.33. The Morgan fingerprint density at radius 3 is 2.56 bits per heavy atom. The Hall–Kier alpha value is -1.04. The first kappa shape index (κ1) is 12.0. The summed E-state index contributed by atoms with van der Waals surface area (Å²) in [6.45, 7) is 2.00. The topological polar surface area (TPSA) is 78.0 Å². The number of nitrogen functional groups attached to an aromatic ring is 1. The van der Waals surface area contributed by atoms with Crippen LogP contribution in [-0.2, 0) is 9.84 Å². The summed E-state index contributed by atoms with van der Waals surface area (Å²) in [7, 11) is -2.89. The Kier molecular flexibility index (Phi) is 2.66. The van der Waals surface area contributed by atoms with E-state index >= 15 is 0 Å². The summed E-state index contributed by atoms with van der Waals surface area (Å²) in [5.74, 6) is 1.63. The summed E-state index contributed by atoms with van der Waals surface area (Å²) < 4.78 is 24.8. The van der Waals surface area contributed by atoms with E-state index in [1.165, 1.54) is 19.3 Å². The van der Waals surface area contributed by atoms with Gasteiger partial charge in [0, 0.05) is 11.5 Å². The Morgan fingerprint density at radius 1 is 1.33 bits per heavy atom. The molecule has 1 atom stereocenters. The molecule has 100 valence electrons. The molecule has 1 aliphatic carbocycles. The summed E-state index contributed by atoms with van der Waals surface area (Å²) >= 11 is 0. The van der Waals surface area contributed by atoms with Gasteiger partial charge in [0.1, 0.15) is 5.82 Å². The summed E-state index contributed by atoms with van der Waals surface area (Å²) in [6, 6.07) is -0.0671. The number of hydrogen-bond acceptors (Lipinski definition) is 4. The Labute approximate surface area is 107 Å². The second-order valence-electron chi connectivity index (χ2n) is 5.52. The number of anilines is 1. The van der Waals surface area contributed by atoms with E-state index in [1.54, 1.807) is 4.68 Å². The van der Waals surface area contributed by atoms with Gasteiger partial charge in [-0.05, 0) is 26.2 Å². The molecule has 0 bridgehead atoms. The van der Waals surface area contributed by atoms with Crippen molar-refractivity contribution >= 4 is 15.7 Å². The third-order valence-electron chi connectivity index (χ3n) is 4.28. The van der Waals surface area contributed by atoms with E-state index in [0.29, 0.717) is 18.2 Å². The van der Waals surface area contributed by atoms with Crippen LogP contribution in [0.2, 0.25) is 0 Å². The van der Waals surface area contributed by atoms with Gasteiger partial charge in [0.15, 0.2) is 9.84 Å². The molecule has 1 saturated carbocycles. The molecule has 0 aromatic carbocycles. The molecule has 0 radical (unpaired) electrons. The zero-order valence-corrected chi connectivity index (χ0v) is 11.4. The summed E-state index contributed by atoms with van der Waals surface area (Å²) in [5, 5.41) is 4.61. The second-order valence-corrected chi connectivity index (χ2v) is 7.75. The quantitative estimate of drug-likeness (QED) is 0.880. The fraction of sp³-hybridized carbons (Fsp3) is 0.750. The molecule has 3 rings (SSSR count). The highest BCUT2D eigenvalue weighted by Crippen LogP contribution is 2.39. The standard InChI is InChI=1S/C12H19N3O2S/c1-8-11(9-3-2-4-9)14-15(12(8)13)10-5-6-18(16,17)7-10/h9-10H,2-7,13H2,1H3. The number of aromatic nitrogens is 2. The molecule has 6 heteroatoms. The van der Waals surface area contributed by atoms with Gasteiger partial charge in [0.25, 0.3) is 0 Å². The van der Waals surface area contributed by atoms with Crippen LogP contribution in [-0.4, -0.2) is 29.7 Å². The first-order valence-electron chi connectivity index (χ1n) is 6.53. The van der Waals surface area contributed by atoms with Crippen molar-refractivity contribution in [2.45, 2.75) is 44.6 Å². The normalized spacial score (nSPS) is 27.3. The van der Waals surface area contributed by atoms with Crippen molar-refractivity contribution in [1.82, 2.24) is 9.78 Å². The van der Waals surface area contributed by atoms with Gasteiger partial charge in [-0.15, -0.1) is 0 Å². The van der Waals surface area contributed by atoms with Crippen molar-refractivity contribution in [1.29, 1.82) is 0 Å². The third kappa shape index (κ3) is 1.83. The molecule has 2 N–H and O–H groups in total. The number of sulfone groups is 1. The molecule has 0 spiro atoms. The summed E-state index contributed by atoms with van der Waals surface area (Å²) in [4.78, 5) is 0. The molecular formula is C12H19N3O2S. The minimum absolute atomic E-state index is 0.0671. The molecular weight excluding hydrogens is 250 g/mol. The molecule has 0 amide bonds. The van der Waals surface area contributed by atoms with Crippen molar-refractivity contribution in [3.05, 3.63) is 11.3 Å². The SMILES string of the molecule is Cc1c(C2CCC2)nn(C2CCS(=O)(=O)C2)c1N. The van der Waals surface area contributed by atoms with Crippen molar-refractivity contribution in [2.24, 2.45) is 0 Å². The predicted molar refractivity (Wildman–Crippen MR) is 70.3 cm³/mol. The van der Waals surface area contributed by atoms with E-state index in [1.807, 2.05) is 6.92 Å². The third-order valence-corrected chi connectivity index (χ3v) is 6.03. The van der Waals surface area contributed by atoms with Crippen molar-refractivity contribution in [3.8, 4) is 0 Å². The molecule has 2 heterocycles. The first-order chi connectivity index (χ1) is 8.48. The lowest BCUT2D eigenvalue weighted by Crippen LogP contribution is -2.16. The van der Waals surface area contributed by atoms with E-state index in [0.717, 1.165) is 11.3 Å². The lowest BCUT2D eigenvalue weighted by Gasteiger charge is -2.24. The number of nitrogens with zero attached hydrogens (tertiary/aromatic N) is 2. The summed E-state index contributed by atoms with van der Waals surface area (Å²) in [6.07, 6.45) is 4.26. The van der Waals surface area contributed by atoms with Gasteiger partial charge in [-0.2, -0.15) is 5.10 Å². The van der Waals surface area contributed by atoms with Crippen molar-refractivity contribution in [2.75, 3.05) is 17.2 Å². The van der Waals surface area contributed by atoms with Crippen LogP contribution >= 0.6 is 0 Å². The highest BCUT2D eigenvalue weighted by atomic mass is 32.2. The predicted octanol–water partition coefficient (Wildman–Crippen LogP) is 1.40. The monoisotopic (exact) mass is 269 g/mol. The number of nitrogens with two attached hydrogens (primary N) is 1.